The van der Waals surface area contributed by atoms with Crippen molar-refractivity contribution in [2.45, 2.75) is 26.8 Å². The molecule has 1 atom stereocenters. The molecule has 16 heavy (non-hydrogen) atoms. The van der Waals surface area contributed by atoms with E-state index in [4.69, 9.17) is 5.73 Å². The highest BCUT2D eigenvalue weighted by Crippen LogP contribution is 2.27. The molecule has 1 unspecified atom stereocenters. The molecule has 2 aromatic rings. The Balaban J connectivity index is 2.37. The summed E-state index contributed by atoms with van der Waals surface area (Å²) in [5.74, 6) is 0. The van der Waals surface area contributed by atoms with Gasteiger partial charge in [-0.25, -0.2) is 0 Å². The second kappa shape index (κ2) is 4.40. The maximum Gasteiger partial charge on any atom is 0.0646 e. The Morgan fingerprint density at radius 3 is 2.12 bits per heavy atom. The Hall–Kier alpha value is -1.12. The molecule has 0 amide bonds. The van der Waals surface area contributed by atoms with Gasteiger partial charge in [0.2, 0.25) is 0 Å². The van der Waals surface area contributed by atoms with E-state index in [0.29, 0.717) is 0 Å². The highest BCUT2D eigenvalue weighted by atomic mass is 32.1. The fourth-order valence-corrected chi connectivity index (χ4v) is 2.88. The Kier molecular flexibility index (Phi) is 3.13. The van der Waals surface area contributed by atoms with E-state index in [0.717, 1.165) is 0 Å². The molecule has 1 aromatic carbocycles. The Labute approximate surface area is 101 Å². The monoisotopic (exact) mass is 231 g/mol. The first-order chi connectivity index (χ1) is 7.56. The van der Waals surface area contributed by atoms with Gasteiger partial charge in [0.05, 0.1) is 6.04 Å². The summed E-state index contributed by atoms with van der Waals surface area (Å²) < 4.78 is 0. The normalized spacial score (nSPS) is 12.8. The minimum atomic E-state index is 0.0114. The summed E-state index contributed by atoms with van der Waals surface area (Å²) in [5.41, 5.74) is 10.0. The molecule has 1 aromatic heterocycles. The highest BCUT2D eigenvalue weighted by molar-refractivity contribution is 7.12. The van der Waals surface area contributed by atoms with Crippen molar-refractivity contribution in [1.29, 1.82) is 0 Å². The molecular formula is C14H17NS. The molecule has 0 spiro atoms. The zero-order chi connectivity index (χ0) is 11.7. The van der Waals surface area contributed by atoms with Crippen LogP contribution in [-0.2, 0) is 0 Å². The Morgan fingerprint density at radius 2 is 1.62 bits per heavy atom. The van der Waals surface area contributed by atoms with Gasteiger partial charge in [0, 0.05) is 9.75 Å². The van der Waals surface area contributed by atoms with Gasteiger partial charge in [-0.2, -0.15) is 0 Å². The number of hydrogen-bond donors (Lipinski definition) is 1. The zero-order valence-corrected chi connectivity index (χ0v) is 10.8. The van der Waals surface area contributed by atoms with Crippen molar-refractivity contribution in [3.05, 3.63) is 56.8 Å². The first kappa shape index (κ1) is 11.4. The van der Waals surface area contributed by atoms with Crippen LogP contribution >= 0.6 is 11.3 Å². The number of benzene rings is 1. The van der Waals surface area contributed by atoms with Crippen molar-refractivity contribution >= 4 is 11.3 Å². The largest absolute Gasteiger partial charge is 0.320 e. The van der Waals surface area contributed by atoms with E-state index in [1.807, 2.05) is 0 Å². The third kappa shape index (κ3) is 2.34. The molecule has 0 aliphatic rings. The molecule has 2 N–H and O–H groups in total. The van der Waals surface area contributed by atoms with Crippen molar-refractivity contribution in [1.82, 2.24) is 0 Å². The molecule has 1 nitrogen and oxygen atoms in total. The summed E-state index contributed by atoms with van der Waals surface area (Å²) >= 11 is 1.78. The van der Waals surface area contributed by atoms with Crippen LogP contribution < -0.4 is 5.73 Å². The highest BCUT2D eigenvalue weighted by Gasteiger charge is 2.11. The molecule has 0 radical (unpaired) electrons. The van der Waals surface area contributed by atoms with Gasteiger partial charge >= 0.3 is 0 Å². The van der Waals surface area contributed by atoms with Crippen LogP contribution in [0.15, 0.2) is 30.3 Å². The molecule has 0 fully saturated rings. The second-order valence-electron chi connectivity index (χ2n) is 4.35. The first-order valence-electron chi connectivity index (χ1n) is 5.46. The lowest BCUT2D eigenvalue weighted by Gasteiger charge is -2.12. The average Bonchev–Trinajstić information content (AvgIpc) is 2.62. The number of aryl methyl sites for hydroxylation is 3. The quantitative estimate of drug-likeness (QED) is 0.837. The summed E-state index contributed by atoms with van der Waals surface area (Å²) in [6.07, 6.45) is 0. The van der Waals surface area contributed by atoms with E-state index in [-0.39, 0.29) is 6.04 Å². The predicted octanol–water partition coefficient (Wildman–Crippen LogP) is 3.72. The minimum absolute atomic E-state index is 0.0114. The third-order valence-corrected chi connectivity index (χ3v) is 3.75. The van der Waals surface area contributed by atoms with Gasteiger partial charge in [0.25, 0.3) is 0 Å². The molecule has 0 aliphatic heterocycles. The van der Waals surface area contributed by atoms with Crippen LogP contribution in [0, 0.1) is 20.8 Å². The minimum Gasteiger partial charge on any atom is -0.320 e. The SMILES string of the molecule is Cc1cc(C)cc(C(N)c2ccc(C)s2)c1. The Bertz CT molecular complexity index is 479. The number of hydrogen-bond acceptors (Lipinski definition) is 2. The van der Waals surface area contributed by atoms with Gasteiger partial charge in [0.1, 0.15) is 0 Å². The summed E-state index contributed by atoms with van der Waals surface area (Å²) in [6, 6.07) is 10.8. The fraction of sp³-hybridized carbons (Fsp3) is 0.286. The van der Waals surface area contributed by atoms with E-state index in [1.165, 1.54) is 26.4 Å². The number of rotatable bonds is 2. The van der Waals surface area contributed by atoms with E-state index in [2.05, 4.69) is 51.1 Å². The van der Waals surface area contributed by atoms with E-state index in [1.54, 1.807) is 11.3 Å². The molecular weight excluding hydrogens is 214 g/mol. The van der Waals surface area contributed by atoms with Crippen molar-refractivity contribution in [3.8, 4) is 0 Å². The van der Waals surface area contributed by atoms with Crippen molar-refractivity contribution < 1.29 is 0 Å². The molecule has 84 valence electrons. The molecule has 0 saturated heterocycles. The summed E-state index contributed by atoms with van der Waals surface area (Å²) in [4.78, 5) is 2.55. The summed E-state index contributed by atoms with van der Waals surface area (Å²) in [6.45, 7) is 6.34. The molecule has 0 bridgehead atoms. The molecule has 2 rings (SSSR count). The summed E-state index contributed by atoms with van der Waals surface area (Å²) in [5, 5.41) is 0. The van der Waals surface area contributed by atoms with Crippen molar-refractivity contribution in [2.75, 3.05) is 0 Å². The van der Waals surface area contributed by atoms with Crippen molar-refractivity contribution in [3.63, 3.8) is 0 Å². The number of nitrogens with two attached hydrogens (primary N) is 1. The van der Waals surface area contributed by atoms with Crippen LogP contribution in [0.1, 0.15) is 32.5 Å². The molecule has 2 heteroatoms. The maximum atomic E-state index is 6.28. The molecule has 1 heterocycles. The predicted molar refractivity (Wildman–Crippen MR) is 71.0 cm³/mol. The maximum absolute atomic E-state index is 6.28. The average molecular weight is 231 g/mol. The zero-order valence-electron chi connectivity index (χ0n) is 9.95. The van der Waals surface area contributed by atoms with Crippen LogP contribution in [0.25, 0.3) is 0 Å². The van der Waals surface area contributed by atoms with Crippen LogP contribution in [0.4, 0.5) is 0 Å². The van der Waals surface area contributed by atoms with Gasteiger partial charge in [-0.15, -0.1) is 11.3 Å². The third-order valence-electron chi connectivity index (χ3n) is 2.67. The fourth-order valence-electron chi connectivity index (χ4n) is 1.97. The lowest BCUT2D eigenvalue weighted by molar-refractivity contribution is 0.889. The molecule has 0 aliphatic carbocycles. The van der Waals surface area contributed by atoms with E-state index >= 15 is 0 Å². The van der Waals surface area contributed by atoms with Gasteiger partial charge in [-0.1, -0.05) is 29.3 Å². The van der Waals surface area contributed by atoms with E-state index < -0.39 is 0 Å². The van der Waals surface area contributed by atoms with Gasteiger partial charge in [-0.3, -0.25) is 0 Å². The molecule has 0 saturated carbocycles. The van der Waals surface area contributed by atoms with Gasteiger partial charge in [-0.05, 0) is 38.5 Å². The number of thiophene rings is 1. The van der Waals surface area contributed by atoms with E-state index in [9.17, 15) is 0 Å². The van der Waals surface area contributed by atoms with Crippen LogP contribution in [-0.4, -0.2) is 0 Å². The van der Waals surface area contributed by atoms with Crippen LogP contribution in [0.2, 0.25) is 0 Å². The van der Waals surface area contributed by atoms with Crippen molar-refractivity contribution in [2.24, 2.45) is 5.73 Å². The lowest BCUT2D eigenvalue weighted by atomic mass is 10.0. The van der Waals surface area contributed by atoms with Crippen LogP contribution in [0.5, 0.6) is 0 Å². The standard InChI is InChI=1S/C14H17NS/c1-9-6-10(2)8-12(7-9)14(15)13-5-4-11(3)16-13/h4-8,14H,15H2,1-3H3. The van der Waals surface area contributed by atoms with Crippen LogP contribution in [0.3, 0.4) is 0 Å². The first-order valence-corrected chi connectivity index (χ1v) is 6.28. The van der Waals surface area contributed by atoms with Gasteiger partial charge in [0.15, 0.2) is 0 Å². The smallest absolute Gasteiger partial charge is 0.0646 e. The summed E-state index contributed by atoms with van der Waals surface area (Å²) in [7, 11) is 0. The Morgan fingerprint density at radius 1 is 1.00 bits per heavy atom. The van der Waals surface area contributed by atoms with Gasteiger partial charge < -0.3 is 5.73 Å². The second-order valence-corrected chi connectivity index (χ2v) is 5.67. The lowest BCUT2D eigenvalue weighted by Crippen LogP contribution is -2.10. The topological polar surface area (TPSA) is 26.0 Å².